The monoisotopic (exact) mass is 278 g/mol. The summed E-state index contributed by atoms with van der Waals surface area (Å²) >= 11 is 1.75. The Morgan fingerprint density at radius 1 is 1.32 bits per heavy atom. The molecular weight excluding hydrogens is 256 g/mol. The Balaban J connectivity index is 1.84. The Labute approximate surface area is 118 Å². The summed E-state index contributed by atoms with van der Waals surface area (Å²) in [6.07, 6.45) is 3.24. The zero-order valence-electron chi connectivity index (χ0n) is 11.4. The molecule has 0 radical (unpaired) electrons. The van der Waals surface area contributed by atoms with Crippen molar-refractivity contribution in [2.75, 3.05) is 13.2 Å². The number of thiazole rings is 1. The molecule has 0 aliphatic rings. The summed E-state index contributed by atoms with van der Waals surface area (Å²) in [5.41, 5.74) is 1.09. The van der Waals surface area contributed by atoms with Crippen molar-refractivity contribution >= 4 is 21.6 Å². The first-order valence-electron chi connectivity index (χ1n) is 6.99. The van der Waals surface area contributed by atoms with Gasteiger partial charge in [-0.1, -0.05) is 25.5 Å². The zero-order valence-corrected chi connectivity index (χ0v) is 12.2. The maximum Gasteiger partial charge on any atom is 0.108 e. The van der Waals surface area contributed by atoms with Crippen LogP contribution in [0.15, 0.2) is 24.3 Å². The maximum absolute atomic E-state index is 9.04. The van der Waals surface area contributed by atoms with Gasteiger partial charge in [0.15, 0.2) is 0 Å². The second kappa shape index (κ2) is 7.58. The lowest BCUT2D eigenvalue weighted by atomic mass is 10.0. The summed E-state index contributed by atoms with van der Waals surface area (Å²) in [6, 6.07) is 8.25. The second-order valence-electron chi connectivity index (χ2n) is 4.87. The van der Waals surface area contributed by atoms with Crippen molar-refractivity contribution < 1.29 is 5.11 Å². The fourth-order valence-corrected chi connectivity index (χ4v) is 3.25. The van der Waals surface area contributed by atoms with Gasteiger partial charge in [0.1, 0.15) is 5.01 Å². The third kappa shape index (κ3) is 4.27. The van der Waals surface area contributed by atoms with Gasteiger partial charge in [-0.05, 0) is 37.4 Å². The van der Waals surface area contributed by atoms with E-state index in [0.717, 1.165) is 30.0 Å². The van der Waals surface area contributed by atoms with Gasteiger partial charge < -0.3 is 10.4 Å². The number of fused-ring (bicyclic) bond motifs is 1. The van der Waals surface area contributed by atoms with E-state index >= 15 is 0 Å². The average molecular weight is 278 g/mol. The van der Waals surface area contributed by atoms with Gasteiger partial charge in [-0.2, -0.15) is 0 Å². The maximum atomic E-state index is 9.04. The SMILES string of the molecule is CCCC(CCO)CNCc1nc2ccccc2s1. The van der Waals surface area contributed by atoms with Gasteiger partial charge in [0.25, 0.3) is 0 Å². The Morgan fingerprint density at radius 3 is 2.89 bits per heavy atom. The molecule has 0 spiro atoms. The zero-order chi connectivity index (χ0) is 13.5. The molecule has 1 heterocycles. The Bertz CT molecular complexity index is 459. The second-order valence-corrected chi connectivity index (χ2v) is 5.99. The van der Waals surface area contributed by atoms with Crippen LogP contribution < -0.4 is 5.32 Å². The van der Waals surface area contributed by atoms with Crippen molar-refractivity contribution in [1.29, 1.82) is 0 Å². The third-order valence-corrected chi connectivity index (χ3v) is 4.32. The van der Waals surface area contributed by atoms with Crippen LogP contribution in [0.4, 0.5) is 0 Å². The lowest BCUT2D eigenvalue weighted by molar-refractivity contribution is 0.248. The minimum absolute atomic E-state index is 0.285. The molecule has 0 aliphatic carbocycles. The number of para-hydroxylation sites is 1. The third-order valence-electron chi connectivity index (χ3n) is 3.28. The highest BCUT2D eigenvalue weighted by Gasteiger charge is 2.08. The molecule has 3 nitrogen and oxygen atoms in total. The first-order valence-corrected chi connectivity index (χ1v) is 7.81. The lowest BCUT2D eigenvalue weighted by Gasteiger charge is -2.14. The van der Waals surface area contributed by atoms with E-state index in [1.54, 1.807) is 11.3 Å². The molecule has 2 aromatic rings. The summed E-state index contributed by atoms with van der Waals surface area (Å²) in [7, 11) is 0. The molecule has 2 N–H and O–H groups in total. The quantitative estimate of drug-likeness (QED) is 0.779. The molecule has 0 fully saturated rings. The van der Waals surface area contributed by atoms with E-state index in [1.165, 1.54) is 17.5 Å². The fourth-order valence-electron chi connectivity index (χ4n) is 2.32. The molecule has 1 atom stereocenters. The largest absolute Gasteiger partial charge is 0.396 e. The van der Waals surface area contributed by atoms with Crippen molar-refractivity contribution in [2.24, 2.45) is 5.92 Å². The number of hydrogen-bond acceptors (Lipinski definition) is 4. The highest BCUT2D eigenvalue weighted by molar-refractivity contribution is 7.18. The fraction of sp³-hybridized carbons (Fsp3) is 0.533. The van der Waals surface area contributed by atoms with Crippen LogP contribution in [0.3, 0.4) is 0 Å². The van der Waals surface area contributed by atoms with E-state index in [0.29, 0.717) is 5.92 Å². The van der Waals surface area contributed by atoms with Crippen LogP contribution in [0.2, 0.25) is 0 Å². The van der Waals surface area contributed by atoms with Crippen LogP contribution in [0.25, 0.3) is 10.2 Å². The molecule has 0 saturated carbocycles. The lowest BCUT2D eigenvalue weighted by Crippen LogP contribution is -2.23. The molecule has 104 valence electrons. The van der Waals surface area contributed by atoms with E-state index in [1.807, 2.05) is 6.07 Å². The number of nitrogens with one attached hydrogen (secondary N) is 1. The average Bonchev–Trinajstić information content (AvgIpc) is 2.82. The predicted molar refractivity (Wildman–Crippen MR) is 81.4 cm³/mol. The van der Waals surface area contributed by atoms with Gasteiger partial charge in [-0.3, -0.25) is 0 Å². The standard InChI is InChI=1S/C15H22N2OS/c1-2-5-12(8-9-18)10-16-11-15-17-13-6-3-4-7-14(13)19-15/h3-4,6-7,12,16,18H,2,5,8-11H2,1H3. The van der Waals surface area contributed by atoms with Gasteiger partial charge in [0.2, 0.25) is 0 Å². The van der Waals surface area contributed by atoms with Crippen LogP contribution in [0.1, 0.15) is 31.2 Å². The molecule has 0 saturated heterocycles. The van der Waals surface area contributed by atoms with Crippen molar-refractivity contribution in [3.8, 4) is 0 Å². The van der Waals surface area contributed by atoms with Crippen LogP contribution in [0.5, 0.6) is 0 Å². The van der Waals surface area contributed by atoms with Gasteiger partial charge in [-0.25, -0.2) is 4.98 Å². The van der Waals surface area contributed by atoms with Crippen molar-refractivity contribution in [1.82, 2.24) is 10.3 Å². The minimum Gasteiger partial charge on any atom is -0.396 e. The molecule has 0 aliphatic heterocycles. The number of aromatic nitrogens is 1. The summed E-state index contributed by atoms with van der Waals surface area (Å²) in [5, 5.41) is 13.6. The first kappa shape index (κ1) is 14.4. The molecule has 19 heavy (non-hydrogen) atoms. The van der Waals surface area contributed by atoms with Gasteiger partial charge >= 0.3 is 0 Å². The number of hydrogen-bond donors (Lipinski definition) is 2. The van der Waals surface area contributed by atoms with Crippen molar-refractivity contribution in [3.05, 3.63) is 29.3 Å². The summed E-state index contributed by atoms with van der Waals surface area (Å²) in [6.45, 7) is 4.26. The van der Waals surface area contributed by atoms with Gasteiger partial charge in [0, 0.05) is 13.2 Å². The Hall–Kier alpha value is -0.970. The molecule has 1 aromatic heterocycles. The highest BCUT2D eigenvalue weighted by Crippen LogP contribution is 2.21. The Morgan fingerprint density at radius 2 is 2.16 bits per heavy atom. The van der Waals surface area contributed by atoms with E-state index in [-0.39, 0.29) is 6.61 Å². The van der Waals surface area contributed by atoms with Crippen molar-refractivity contribution in [2.45, 2.75) is 32.7 Å². The number of aliphatic hydroxyl groups excluding tert-OH is 1. The summed E-state index contributed by atoms with van der Waals surface area (Å²) < 4.78 is 1.25. The minimum atomic E-state index is 0.285. The molecule has 1 aromatic carbocycles. The first-order chi connectivity index (χ1) is 9.33. The molecule has 0 amide bonds. The van der Waals surface area contributed by atoms with Crippen LogP contribution >= 0.6 is 11.3 Å². The molecule has 2 rings (SSSR count). The number of rotatable bonds is 8. The molecular formula is C15H22N2OS. The van der Waals surface area contributed by atoms with Crippen LogP contribution in [-0.4, -0.2) is 23.2 Å². The normalized spacial score (nSPS) is 12.9. The van der Waals surface area contributed by atoms with E-state index in [4.69, 9.17) is 5.11 Å². The van der Waals surface area contributed by atoms with Crippen LogP contribution in [0, 0.1) is 5.92 Å². The molecule has 4 heteroatoms. The van der Waals surface area contributed by atoms with Crippen molar-refractivity contribution in [3.63, 3.8) is 0 Å². The summed E-state index contributed by atoms with van der Waals surface area (Å²) in [5.74, 6) is 0.573. The van der Waals surface area contributed by atoms with E-state index in [2.05, 4.69) is 35.4 Å². The smallest absolute Gasteiger partial charge is 0.108 e. The van der Waals surface area contributed by atoms with Crippen LogP contribution in [-0.2, 0) is 6.54 Å². The van der Waals surface area contributed by atoms with Gasteiger partial charge in [0.05, 0.1) is 10.2 Å². The van der Waals surface area contributed by atoms with Gasteiger partial charge in [-0.15, -0.1) is 11.3 Å². The predicted octanol–water partition coefficient (Wildman–Crippen LogP) is 3.18. The molecule has 0 bridgehead atoms. The molecule has 1 unspecified atom stereocenters. The number of aliphatic hydroxyl groups is 1. The van der Waals surface area contributed by atoms with E-state index in [9.17, 15) is 0 Å². The Kier molecular flexibility index (Phi) is 5.76. The topological polar surface area (TPSA) is 45.1 Å². The van der Waals surface area contributed by atoms with E-state index < -0.39 is 0 Å². The summed E-state index contributed by atoms with van der Waals surface area (Å²) in [4.78, 5) is 4.61. The number of nitrogens with zero attached hydrogens (tertiary/aromatic N) is 1. The number of benzene rings is 1. The highest BCUT2D eigenvalue weighted by atomic mass is 32.1.